The molecule has 1 atom stereocenters. The highest BCUT2D eigenvalue weighted by atomic mass is 32.2. The molecular weight excluding hydrogens is 499 g/mol. The minimum Gasteiger partial charge on any atom is -0.482 e. The van der Waals surface area contributed by atoms with Crippen LogP contribution in [0.2, 0.25) is 0 Å². The molecule has 2 aromatic rings. The van der Waals surface area contributed by atoms with Gasteiger partial charge in [-0.2, -0.15) is 13.2 Å². The molecule has 1 aliphatic carbocycles. The number of sulfone groups is 1. The number of halogens is 3. The monoisotopic (exact) mass is 521 g/mol. The van der Waals surface area contributed by atoms with Crippen molar-refractivity contribution in [1.82, 2.24) is 4.72 Å². The average Bonchev–Trinajstić information content (AvgIpc) is 2.93. The summed E-state index contributed by atoms with van der Waals surface area (Å²) in [6.45, 7) is -0.592. The second-order valence-corrected chi connectivity index (χ2v) is 11.6. The number of hydrogen-bond acceptors (Lipinski definition) is 6. The van der Waals surface area contributed by atoms with E-state index < -0.39 is 60.0 Å². The Hall–Kier alpha value is -2.64. The van der Waals surface area contributed by atoms with E-state index in [4.69, 9.17) is 9.84 Å². The number of benzene rings is 2. The van der Waals surface area contributed by atoms with Crippen LogP contribution in [0.3, 0.4) is 0 Å². The molecule has 34 heavy (non-hydrogen) atoms. The third-order valence-corrected chi connectivity index (χ3v) is 7.85. The van der Waals surface area contributed by atoms with Gasteiger partial charge in [0.05, 0.1) is 15.4 Å². The number of sulfonamides is 1. The quantitative estimate of drug-likeness (QED) is 0.535. The van der Waals surface area contributed by atoms with Crippen LogP contribution in [-0.2, 0) is 37.3 Å². The number of carboxylic acid groups (broad SMARTS) is 1. The summed E-state index contributed by atoms with van der Waals surface area (Å²) in [6, 6.07) is 5.39. The van der Waals surface area contributed by atoms with Crippen LogP contribution in [0, 0.1) is 0 Å². The normalized spacial score (nSPS) is 17.0. The van der Waals surface area contributed by atoms with Crippen LogP contribution in [0.1, 0.15) is 42.0 Å². The SMILES string of the molecule is CS(=O)(=O)c1cc(C(F)(F)F)cc(S(=O)(=O)NC2CCCCc3c(OCC(=O)O)cccc32)c1. The van der Waals surface area contributed by atoms with Gasteiger partial charge in [-0.25, -0.2) is 26.4 Å². The molecule has 0 saturated carbocycles. The average molecular weight is 522 g/mol. The number of carboxylic acids is 1. The molecule has 2 N–H and O–H groups in total. The molecule has 13 heteroatoms. The van der Waals surface area contributed by atoms with Gasteiger partial charge in [-0.15, -0.1) is 0 Å². The van der Waals surface area contributed by atoms with Gasteiger partial charge in [0.1, 0.15) is 5.75 Å². The van der Waals surface area contributed by atoms with Crippen molar-refractivity contribution in [1.29, 1.82) is 0 Å². The van der Waals surface area contributed by atoms with Crippen LogP contribution in [0.15, 0.2) is 46.2 Å². The van der Waals surface area contributed by atoms with Crippen molar-refractivity contribution in [2.45, 2.75) is 47.7 Å². The summed E-state index contributed by atoms with van der Waals surface area (Å²) in [4.78, 5) is 9.28. The largest absolute Gasteiger partial charge is 0.482 e. The first-order valence-electron chi connectivity index (χ1n) is 10.1. The summed E-state index contributed by atoms with van der Waals surface area (Å²) in [7, 11) is -8.70. The fourth-order valence-electron chi connectivity index (χ4n) is 3.74. The van der Waals surface area contributed by atoms with E-state index in [0.717, 1.165) is 0 Å². The van der Waals surface area contributed by atoms with Crippen LogP contribution < -0.4 is 9.46 Å². The van der Waals surface area contributed by atoms with Gasteiger partial charge in [-0.05, 0) is 54.7 Å². The highest BCUT2D eigenvalue weighted by Gasteiger charge is 2.34. The minimum atomic E-state index is -4.96. The van der Waals surface area contributed by atoms with Crippen molar-refractivity contribution >= 4 is 25.8 Å². The van der Waals surface area contributed by atoms with E-state index in [1.807, 2.05) is 0 Å². The van der Waals surface area contributed by atoms with E-state index in [1.54, 1.807) is 18.2 Å². The molecule has 0 saturated heterocycles. The Bertz CT molecular complexity index is 1310. The van der Waals surface area contributed by atoms with Gasteiger partial charge in [-0.3, -0.25) is 0 Å². The zero-order valence-electron chi connectivity index (χ0n) is 17.9. The van der Waals surface area contributed by atoms with E-state index >= 15 is 0 Å². The Morgan fingerprint density at radius 2 is 1.79 bits per heavy atom. The summed E-state index contributed by atoms with van der Waals surface area (Å²) >= 11 is 0. The van der Waals surface area contributed by atoms with Gasteiger partial charge in [0, 0.05) is 12.3 Å². The van der Waals surface area contributed by atoms with Crippen LogP contribution in [0.5, 0.6) is 5.75 Å². The summed E-state index contributed by atoms with van der Waals surface area (Å²) in [5.74, 6) is -0.904. The molecule has 0 aromatic heterocycles. The standard InChI is InChI=1S/C21H22F3NO7S2/c1-33(28,29)14-9-13(21(22,23)24)10-15(11-14)34(30,31)25-18-7-3-2-5-17-16(18)6-4-8-19(17)32-12-20(26)27/h4,6,8-11,18,25H,2-3,5,7,12H2,1H3,(H,26,27). The van der Waals surface area contributed by atoms with Crippen LogP contribution >= 0.6 is 0 Å². The Kier molecular flexibility index (Phi) is 7.29. The lowest BCUT2D eigenvalue weighted by atomic mass is 9.99. The lowest BCUT2D eigenvalue weighted by Crippen LogP contribution is -2.29. The lowest BCUT2D eigenvalue weighted by Gasteiger charge is -2.21. The summed E-state index contributed by atoms with van der Waals surface area (Å²) in [5, 5.41) is 8.88. The van der Waals surface area contributed by atoms with E-state index in [0.29, 0.717) is 61.3 Å². The highest BCUT2D eigenvalue weighted by molar-refractivity contribution is 7.91. The molecule has 0 spiro atoms. The van der Waals surface area contributed by atoms with Gasteiger partial charge in [0.2, 0.25) is 10.0 Å². The summed E-state index contributed by atoms with van der Waals surface area (Å²) < 4.78 is 97.7. The molecule has 0 fully saturated rings. The van der Waals surface area contributed by atoms with Gasteiger partial charge < -0.3 is 9.84 Å². The third kappa shape index (κ3) is 6.07. The maximum atomic E-state index is 13.3. The molecule has 0 amide bonds. The second-order valence-electron chi connectivity index (χ2n) is 7.89. The molecule has 2 aromatic carbocycles. The molecule has 8 nitrogen and oxygen atoms in total. The summed E-state index contributed by atoms with van der Waals surface area (Å²) in [6.07, 6.45) is -2.22. The van der Waals surface area contributed by atoms with Crippen LogP contribution in [0.4, 0.5) is 13.2 Å². The molecule has 1 unspecified atom stereocenters. The number of nitrogens with one attached hydrogen (secondary N) is 1. The smallest absolute Gasteiger partial charge is 0.416 e. The van der Waals surface area contributed by atoms with E-state index in [-0.39, 0.29) is 5.75 Å². The first-order valence-corrected chi connectivity index (χ1v) is 13.5. The first-order chi connectivity index (χ1) is 15.7. The van der Waals surface area contributed by atoms with Crippen LogP contribution in [-0.4, -0.2) is 40.8 Å². The van der Waals surface area contributed by atoms with E-state index in [9.17, 15) is 34.8 Å². The fraction of sp³-hybridized carbons (Fsp3) is 0.381. The molecule has 0 radical (unpaired) electrons. The number of alkyl halides is 3. The molecule has 0 aliphatic heterocycles. The second kappa shape index (κ2) is 9.55. The maximum absolute atomic E-state index is 13.3. The van der Waals surface area contributed by atoms with E-state index in [2.05, 4.69) is 4.72 Å². The van der Waals surface area contributed by atoms with Crippen molar-refractivity contribution in [3.05, 3.63) is 53.1 Å². The lowest BCUT2D eigenvalue weighted by molar-refractivity contribution is -0.139. The molecule has 186 valence electrons. The number of carbonyl (C=O) groups is 1. The predicted molar refractivity (Wildman–Crippen MR) is 115 cm³/mol. The molecule has 3 rings (SSSR count). The number of fused-ring (bicyclic) bond motifs is 1. The van der Waals surface area contributed by atoms with Gasteiger partial charge in [0.25, 0.3) is 0 Å². The zero-order valence-corrected chi connectivity index (χ0v) is 19.6. The summed E-state index contributed by atoms with van der Waals surface area (Å²) in [5.41, 5.74) is -0.282. The number of hydrogen-bond donors (Lipinski definition) is 2. The first kappa shape index (κ1) is 26.0. The van der Waals surface area contributed by atoms with Crippen molar-refractivity contribution in [2.75, 3.05) is 12.9 Å². The highest BCUT2D eigenvalue weighted by Crippen LogP contribution is 2.36. The fourth-order valence-corrected chi connectivity index (χ4v) is 5.82. The van der Waals surface area contributed by atoms with Crippen molar-refractivity contribution in [3.8, 4) is 5.75 Å². The van der Waals surface area contributed by atoms with Crippen molar-refractivity contribution in [2.24, 2.45) is 0 Å². The number of rotatable bonds is 7. The minimum absolute atomic E-state index is 0.282. The molecule has 0 heterocycles. The molecular formula is C21H22F3NO7S2. The van der Waals surface area contributed by atoms with Gasteiger partial charge in [0.15, 0.2) is 16.4 Å². The third-order valence-electron chi connectivity index (χ3n) is 5.31. The number of ether oxygens (including phenoxy) is 1. The van der Waals surface area contributed by atoms with Gasteiger partial charge in [-0.1, -0.05) is 18.6 Å². The van der Waals surface area contributed by atoms with Gasteiger partial charge >= 0.3 is 12.1 Å². The zero-order chi connectivity index (χ0) is 25.3. The predicted octanol–water partition coefficient (Wildman–Crippen LogP) is 3.32. The molecule has 1 aliphatic rings. The van der Waals surface area contributed by atoms with Crippen molar-refractivity contribution < 1.29 is 44.6 Å². The Morgan fingerprint density at radius 1 is 1.12 bits per heavy atom. The number of aliphatic carboxylic acids is 1. The molecule has 0 bridgehead atoms. The maximum Gasteiger partial charge on any atom is 0.416 e. The van der Waals surface area contributed by atoms with Crippen LogP contribution in [0.25, 0.3) is 0 Å². The Labute approximate surface area is 194 Å². The Balaban J connectivity index is 2.03. The van der Waals surface area contributed by atoms with E-state index in [1.165, 1.54) is 0 Å². The topological polar surface area (TPSA) is 127 Å². The Morgan fingerprint density at radius 3 is 2.41 bits per heavy atom. The van der Waals surface area contributed by atoms with Crippen molar-refractivity contribution in [3.63, 3.8) is 0 Å².